The Morgan fingerprint density at radius 3 is 2.81 bits per heavy atom. The van der Waals surface area contributed by atoms with Crippen LogP contribution in [0, 0.1) is 0 Å². The Kier molecular flexibility index (Phi) is 4.92. The molecule has 1 aromatic rings. The summed E-state index contributed by atoms with van der Waals surface area (Å²) < 4.78 is 4.78. The molecule has 4 nitrogen and oxygen atoms in total. The van der Waals surface area contributed by atoms with E-state index in [9.17, 15) is 9.59 Å². The fourth-order valence-electron chi connectivity index (χ4n) is 0.988. The Labute approximate surface area is 94.0 Å². The van der Waals surface area contributed by atoms with E-state index in [0.29, 0.717) is 12.3 Å². The van der Waals surface area contributed by atoms with E-state index in [1.54, 1.807) is 18.2 Å². The van der Waals surface area contributed by atoms with Gasteiger partial charge >= 0.3 is 5.97 Å². The lowest BCUT2D eigenvalue weighted by Crippen LogP contribution is -2.03. The van der Waals surface area contributed by atoms with Crippen LogP contribution in [0.3, 0.4) is 0 Å². The standard InChI is InChI=1S/C12H13NO3/c1-2-9-16-12(15)7-6-11(14)10-5-3-4-8-13-10/h3-8H,2,9H2,1H3. The quantitative estimate of drug-likeness (QED) is 0.430. The van der Waals surface area contributed by atoms with Gasteiger partial charge in [-0.3, -0.25) is 9.78 Å². The average molecular weight is 219 g/mol. The van der Waals surface area contributed by atoms with Crippen LogP contribution in [-0.4, -0.2) is 23.3 Å². The molecule has 0 unspecified atom stereocenters. The molecule has 1 rings (SSSR count). The minimum atomic E-state index is -0.508. The van der Waals surface area contributed by atoms with Crippen LogP contribution in [0.5, 0.6) is 0 Å². The lowest BCUT2D eigenvalue weighted by molar-refractivity contribution is -0.137. The molecule has 0 atom stereocenters. The van der Waals surface area contributed by atoms with Gasteiger partial charge in [-0.15, -0.1) is 0 Å². The molecule has 1 heterocycles. The second-order valence-electron chi connectivity index (χ2n) is 3.08. The second kappa shape index (κ2) is 6.50. The summed E-state index contributed by atoms with van der Waals surface area (Å²) in [5.74, 6) is -0.819. The maximum atomic E-state index is 11.5. The summed E-state index contributed by atoms with van der Waals surface area (Å²) in [5.41, 5.74) is 0.307. The van der Waals surface area contributed by atoms with E-state index in [0.717, 1.165) is 12.5 Å². The van der Waals surface area contributed by atoms with E-state index in [1.165, 1.54) is 12.3 Å². The van der Waals surface area contributed by atoms with Gasteiger partial charge in [-0.2, -0.15) is 0 Å². The topological polar surface area (TPSA) is 56.3 Å². The van der Waals surface area contributed by atoms with Crippen molar-refractivity contribution >= 4 is 11.8 Å². The molecular formula is C12H13NO3. The van der Waals surface area contributed by atoms with Gasteiger partial charge in [-0.05, 0) is 24.6 Å². The monoisotopic (exact) mass is 219 g/mol. The molecule has 0 N–H and O–H groups in total. The van der Waals surface area contributed by atoms with Gasteiger partial charge in [-0.1, -0.05) is 13.0 Å². The highest BCUT2D eigenvalue weighted by atomic mass is 16.5. The number of aromatic nitrogens is 1. The Morgan fingerprint density at radius 2 is 2.19 bits per heavy atom. The van der Waals surface area contributed by atoms with Crippen LogP contribution in [0.2, 0.25) is 0 Å². The summed E-state index contributed by atoms with van der Waals surface area (Å²) in [6, 6.07) is 5.02. The van der Waals surface area contributed by atoms with Gasteiger partial charge in [0, 0.05) is 12.3 Å². The molecule has 0 saturated carbocycles. The van der Waals surface area contributed by atoms with Crippen LogP contribution < -0.4 is 0 Å². The van der Waals surface area contributed by atoms with Crippen LogP contribution in [-0.2, 0) is 9.53 Å². The fourth-order valence-corrected chi connectivity index (χ4v) is 0.988. The average Bonchev–Trinajstić information content (AvgIpc) is 2.34. The molecule has 16 heavy (non-hydrogen) atoms. The number of rotatable bonds is 5. The smallest absolute Gasteiger partial charge is 0.330 e. The van der Waals surface area contributed by atoms with Crippen LogP contribution in [0.15, 0.2) is 36.5 Å². The highest BCUT2D eigenvalue weighted by Crippen LogP contribution is 1.96. The van der Waals surface area contributed by atoms with Crippen molar-refractivity contribution in [1.29, 1.82) is 0 Å². The van der Waals surface area contributed by atoms with E-state index in [-0.39, 0.29) is 5.78 Å². The third kappa shape index (κ3) is 4.04. The number of ether oxygens (including phenoxy) is 1. The first-order valence-electron chi connectivity index (χ1n) is 5.04. The molecule has 0 bridgehead atoms. The predicted octanol–water partition coefficient (Wildman–Crippen LogP) is 1.77. The molecule has 1 aromatic heterocycles. The Balaban J connectivity index is 2.51. The van der Waals surface area contributed by atoms with Crippen molar-refractivity contribution in [2.45, 2.75) is 13.3 Å². The molecule has 0 amide bonds. The number of hydrogen-bond donors (Lipinski definition) is 0. The lowest BCUT2D eigenvalue weighted by atomic mass is 10.2. The first-order chi connectivity index (χ1) is 7.74. The molecule has 0 saturated heterocycles. The Hall–Kier alpha value is -1.97. The molecule has 0 aliphatic heterocycles. The minimum Gasteiger partial charge on any atom is -0.463 e. The molecule has 0 fully saturated rings. The zero-order valence-electron chi connectivity index (χ0n) is 9.05. The van der Waals surface area contributed by atoms with Gasteiger partial charge in [0.05, 0.1) is 6.61 Å². The number of pyridine rings is 1. The van der Waals surface area contributed by atoms with E-state index < -0.39 is 5.97 Å². The first kappa shape index (κ1) is 12.1. The zero-order chi connectivity index (χ0) is 11.8. The van der Waals surface area contributed by atoms with Crippen molar-refractivity contribution in [3.8, 4) is 0 Å². The molecule has 0 radical (unpaired) electrons. The number of carbonyl (C=O) groups excluding carboxylic acids is 2. The summed E-state index contributed by atoms with van der Waals surface area (Å²) in [5, 5.41) is 0. The summed E-state index contributed by atoms with van der Waals surface area (Å²) in [4.78, 5) is 26.4. The summed E-state index contributed by atoms with van der Waals surface area (Å²) >= 11 is 0. The molecule has 0 aromatic carbocycles. The minimum absolute atomic E-state index is 0.307. The van der Waals surface area contributed by atoms with Gasteiger partial charge in [0.25, 0.3) is 0 Å². The molecule has 4 heteroatoms. The first-order valence-corrected chi connectivity index (χ1v) is 5.04. The van der Waals surface area contributed by atoms with Crippen LogP contribution in [0.4, 0.5) is 0 Å². The summed E-state index contributed by atoms with van der Waals surface area (Å²) in [6.45, 7) is 2.26. The molecule has 0 aliphatic carbocycles. The van der Waals surface area contributed by atoms with E-state index in [4.69, 9.17) is 4.74 Å². The van der Waals surface area contributed by atoms with Gasteiger partial charge in [0.1, 0.15) is 5.69 Å². The van der Waals surface area contributed by atoms with Gasteiger partial charge < -0.3 is 4.74 Å². The van der Waals surface area contributed by atoms with Gasteiger partial charge in [0.2, 0.25) is 5.78 Å². The SMILES string of the molecule is CCCOC(=O)C=CC(=O)c1ccccn1. The van der Waals surface area contributed by atoms with Crippen molar-refractivity contribution in [3.63, 3.8) is 0 Å². The number of esters is 1. The number of carbonyl (C=O) groups is 2. The maximum absolute atomic E-state index is 11.5. The highest BCUT2D eigenvalue weighted by molar-refractivity contribution is 6.05. The van der Waals surface area contributed by atoms with Gasteiger partial charge in [0.15, 0.2) is 0 Å². The summed E-state index contributed by atoms with van der Waals surface area (Å²) in [7, 11) is 0. The van der Waals surface area contributed by atoms with Crippen LogP contribution in [0.1, 0.15) is 23.8 Å². The van der Waals surface area contributed by atoms with Crippen molar-refractivity contribution < 1.29 is 14.3 Å². The van der Waals surface area contributed by atoms with E-state index in [1.807, 2.05) is 6.92 Å². The molecular weight excluding hydrogens is 206 g/mol. The van der Waals surface area contributed by atoms with E-state index in [2.05, 4.69) is 4.98 Å². The van der Waals surface area contributed by atoms with Crippen molar-refractivity contribution in [3.05, 3.63) is 42.2 Å². The largest absolute Gasteiger partial charge is 0.463 e. The Bertz CT molecular complexity index is 385. The van der Waals surface area contributed by atoms with E-state index >= 15 is 0 Å². The third-order valence-electron chi connectivity index (χ3n) is 1.74. The molecule has 84 valence electrons. The third-order valence-corrected chi connectivity index (χ3v) is 1.74. The lowest BCUT2D eigenvalue weighted by Gasteiger charge is -1.97. The number of ketones is 1. The Morgan fingerprint density at radius 1 is 1.38 bits per heavy atom. The van der Waals surface area contributed by atoms with Crippen molar-refractivity contribution in [2.75, 3.05) is 6.61 Å². The second-order valence-corrected chi connectivity index (χ2v) is 3.08. The van der Waals surface area contributed by atoms with Gasteiger partial charge in [-0.25, -0.2) is 4.79 Å². The van der Waals surface area contributed by atoms with Crippen molar-refractivity contribution in [1.82, 2.24) is 4.98 Å². The highest BCUT2D eigenvalue weighted by Gasteiger charge is 2.03. The van der Waals surface area contributed by atoms with Crippen molar-refractivity contribution in [2.24, 2.45) is 0 Å². The van der Waals surface area contributed by atoms with Crippen LogP contribution >= 0.6 is 0 Å². The predicted molar refractivity (Wildman–Crippen MR) is 59.0 cm³/mol. The summed E-state index contributed by atoms with van der Waals surface area (Å²) in [6.07, 6.45) is 4.57. The zero-order valence-corrected chi connectivity index (χ0v) is 9.05. The number of allylic oxidation sites excluding steroid dienone is 1. The molecule has 0 spiro atoms. The maximum Gasteiger partial charge on any atom is 0.330 e. The van der Waals surface area contributed by atoms with Crippen LogP contribution in [0.25, 0.3) is 0 Å². The molecule has 0 aliphatic rings. The fraction of sp³-hybridized carbons (Fsp3) is 0.250. The number of nitrogens with zero attached hydrogens (tertiary/aromatic N) is 1. The normalized spacial score (nSPS) is 10.3. The number of hydrogen-bond acceptors (Lipinski definition) is 4.